The zero-order chi connectivity index (χ0) is 23.5. The Labute approximate surface area is 195 Å². The van der Waals surface area contributed by atoms with E-state index in [9.17, 15) is 20.0 Å². The number of nitrogens with zero attached hydrogens (tertiary/aromatic N) is 3. The molecule has 4 rings (SSSR count). The molecule has 6 nitrogen and oxygen atoms in total. The first kappa shape index (κ1) is 23.0. The van der Waals surface area contributed by atoms with Gasteiger partial charge in [0.15, 0.2) is 0 Å². The summed E-state index contributed by atoms with van der Waals surface area (Å²) in [5, 5.41) is 20.2. The topological polar surface area (TPSA) is 84.6 Å². The molecule has 6 heteroatoms. The Morgan fingerprint density at radius 1 is 1.09 bits per heavy atom. The molecule has 0 spiro atoms. The highest BCUT2D eigenvalue weighted by atomic mass is 16.3. The number of hydrogen-bond donors (Lipinski definition) is 1. The Bertz CT molecular complexity index is 1070. The Balaban J connectivity index is 1.68. The van der Waals surface area contributed by atoms with E-state index in [-0.39, 0.29) is 30.3 Å². The molecule has 1 aliphatic heterocycles. The lowest BCUT2D eigenvalue weighted by Gasteiger charge is -2.53. The van der Waals surface area contributed by atoms with Gasteiger partial charge in [-0.3, -0.25) is 9.59 Å². The van der Waals surface area contributed by atoms with Crippen molar-refractivity contribution in [1.29, 1.82) is 5.26 Å². The highest BCUT2D eigenvalue weighted by Crippen LogP contribution is 2.45. The molecule has 1 aliphatic carbocycles. The number of aliphatic hydroxyl groups is 1. The summed E-state index contributed by atoms with van der Waals surface area (Å²) < 4.78 is 0. The second-order valence-corrected chi connectivity index (χ2v) is 9.30. The van der Waals surface area contributed by atoms with Gasteiger partial charge in [0, 0.05) is 31.5 Å². The number of rotatable bonds is 5. The third-order valence-corrected chi connectivity index (χ3v) is 7.09. The SMILES string of the molecule is CN(C)C(=O)c1cccc(-c2ccccc2[C@@H]2[C@@H](C#N)N(C(=O)C3CCCCC3)[C@@H]2CO)c1. The first-order chi connectivity index (χ1) is 16.0. The van der Waals surface area contributed by atoms with Crippen molar-refractivity contribution in [2.24, 2.45) is 5.92 Å². The lowest BCUT2D eigenvalue weighted by molar-refractivity contribution is -0.152. The second-order valence-electron chi connectivity index (χ2n) is 9.30. The summed E-state index contributed by atoms with van der Waals surface area (Å²) in [6, 6.07) is 16.6. The number of hydrogen-bond acceptors (Lipinski definition) is 4. The molecule has 1 saturated heterocycles. The zero-order valence-electron chi connectivity index (χ0n) is 19.3. The van der Waals surface area contributed by atoms with Crippen molar-refractivity contribution in [2.45, 2.75) is 50.1 Å². The number of benzene rings is 2. The predicted molar refractivity (Wildman–Crippen MR) is 126 cm³/mol. The van der Waals surface area contributed by atoms with Gasteiger partial charge in [-0.1, -0.05) is 55.7 Å². The second kappa shape index (κ2) is 9.76. The molecule has 1 heterocycles. The van der Waals surface area contributed by atoms with Crippen LogP contribution in [0.3, 0.4) is 0 Å². The van der Waals surface area contributed by atoms with E-state index >= 15 is 0 Å². The molecule has 2 aromatic carbocycles. The van der Waals surface area contributed by atoms with Crippen molar-refractivity contribution >= 4 is 11.8 Å². The van der Waals surface area contributed by atoms with Crippen molar-refractivity contribution in [1.82, 2.24) is 9.80 Å². The van der Waals surface area contributed by atoms with Gasteiger partial charge in [0.05, 0.1) is 18.7 Å². The predicted octanol–water partition coefficient (Wildman–Crippen LogP) is 3.81. The minimum Gasteiger partial charge on any atom is -0.394 e. The van der Waals surface area contributed by atoms with Gasteiger partial charge in [-0.15, -0.1) is 0 Å². The summed E-state index contributed by atoms with van der Waals surface area (Å²) in [6.07, 6.45) is 4.96. The average molecular weight is 446 g/mol. The van der Waals surface area contributed by atoms with Crippen LogP contribution >= 0.6 is 0 Å². The van der Waals surface area contributed by atoms with Crippen LogP contribution in [0.25, 0.3) is 11.1 Å². The van der Waals surface area contributed by atoms with E-state index < -0.39 is 12.1 Å². The van der Waals surface area contributed by atoms with Crippen molar-refractivity contribution in [2.75, 3.05) is 20.7 Å². The normalized spacial score (nSPS) is 22.8. The molecule has 1 saturated carbocycles. The Hall–Kier alpha value is -3.17. The smallest absolute Gasteiger partial charge is 0.253 e. The monoisotopic (exact) mass is 445 g/mol. The van der Waals surface area contributed by atoms with Gasteiger partial charge in [0.1, 0.15) is 6.04 Å². The molecule has 33 heavy (non-hydrogen) atoms. The average Bonchev–Trinajstić information content (AvgIpc) is 2.84. The van der Waals surface area contributed by atoms with Gasteiger partial charge in [-0.25, -0.2) is 0 Å². The van der Waals surface area contributed by atoms with Crippen molar-refractivity contribution in [3.05, 3.63) is 59.7 Å². The number of nitriles is 1. The van der Waals surface area contributed by atoms with Crippen LogP contribution < -0.4 is 0 Å². The maximum Gasteiger partial charge on any atom is 0.253 e. The summed E-state index contributed by atoms with van der Waals surface area (Å²) >= 11 is 0. The minimum absolute atomic E-state index is 0.00704. The largest absolute Gasteiger partial charge is 0.394 e. The minimum atomic E-state index is -0.607. The molecule has 1 N–H and O–H groups in total. The third-order valence-electron chi connectivity index (χ3n) is 7.09. The summed E-state index contributed by atoms with van der Waals surface area (Å²) in [7, 11) is 3.44. The highest BCUT2D eigenvalue weighted by Gasteiger charge is 2.53. The van der Waals surface area contributed by atoms with Gasteiger partial charge in [0.25, 0.3) is 5.91 Å². The van der Waals surface area contributed by atoms with Crippen LogP contribution in [0.15, 0.2) is 48.5 Å². The fraction of sp³-hybridized carbons (Fsp3) is 0.444. The third kappa shape index (κ3) is 4.26. The van der Waals surface area contributed by atoms with E-state index in [4.69, 9.17) is 0 Å². The number of carbonyl (C=O) groups excluding carboxylic acids is 2. The molecule has 0 unspecified atom stereocenters. The number of amides is 2. The molecular formula is C27H31N3O3. The Kier molecular flexibility index (Phi) is 6.80. The van der Waals surface area contributed by atoms with Crippen molar-refractivity contribution in [3.63, 3.8) is 0 Å². The van der Waals surface area contributed by atoms with E-state index in [1.165, 1.54) is 0 Å². The molecule has 0 aromatic heterocycles. The maximum absolute atomic E-state index is 13.3. The van der Waals surface area contributed by atoms with Crippen molar-refractivity contribution < 1.29 is 14.7 Å². The van der Waals surface area contributed by atoms with Crippen LogP contribution in [0, 0.1) is 17.2 Å². The van der Waals surface area contributed by atoms with E-state index in [2.05, 4.69) is 6.07 Å². The molecular weight excluding hydrogens is 414 g/mol. The molecule has 2 amide bonds. The molecule has 0 radical (unpaired) electrons. The maximum atomic E-state index is 13.3. The quantitative estimate of drug-likeness (QED) is 0.758. The number of aliphatic hydroxyl groups excluding tert-OH is 1. The lowest BCUT2D eigenvalue weighted by atomic mass is 9.72. The summed E-state index contributed by atoms with van der Waals surface area (Å²) in [4.78, 5) is 28.9. The molecule has 2 aromatic rings. The van der Waals surface area contributed by atoms with Crippen molar-refractivity contribution in [3.8, 4) is 17.2 Å². The van der Waals surface area contributed by atoms with E-state index in [0.29, 0.717) is 5.56 Å². The fourth-order valence-corrected chi connectivity index (χ4v) is 5.37. The highest BCUT2D eigenvalue weighted by molar-refractivity contribution is 5.95. The van der Waals surface area contributed by atoms with E-state index in [0.717, 1.165) is 48.8 Å². The van der Waals surface area contributed by atoms with Crippen LogP contribution in [0.1, 0.15) is 53.9 Å². The number of likely N-dealkylation sites (tertiary alicyclic amines) is 1. The van der Waals surface area contributed by atoms with Gasteiger partial charge < -0.3 is 14.9 Å². The first-order valence-corrected chi connectivity index (χ1v) is 11.7. The Morgan fingerprint density at radius 3 is 2.48 bits per heavy atom. The van der Waals surface area contributed by atoms with Crippen LogP contribution in [0.4, 0.5) is 0 Å². The van der Waals surface area contributed by atoms with Gasteiger partial charge in [-0.05, 0) is 41.7 Å². The lowest BCUT2D eigenvalue weighted by Crippen LogP contribution is -2.66. The first-order valence-electron chi connectivity index (χ1n) is 11.7. The fourth-order valence-electron chi connectivity index (χ4n) is 5.37. The van der Waals surface area contributed by atoms with Crippen LogP contribution in [0.2, 0.25) is 0 Å². The van der Waals surface area contributed by atoms with Crippen LogP contribution in [-0.2, 0) is 4.79 Å². The van der Waals surface area contributed by atoms with Gasteiger partial charge in [0.2, 0.25) is 5.91 Å². The molecule has 2 fully saturated rings. The number of carbonyl (C=O) groups is 2. The molecule has 2 aliphatic rings. The van der Waals surface area contributed by atoms with Gasteiger partial charge >= 0.3 is 0 Å². The van der Waals surface area contributed by atoms with Crippen LogP contribution in [0.5, 0.6) is 0 Å². The summed E-state index contributed by atoms with van der Waals surface area (Å²) in [5.41, 5.74) is 3.30. The van der Waals surface area contributed by atoms with E-state index in [1.54, 1.807) is 30.0 Å². The summed E-state index contributed by atoms with van der Waals surface area (Å²) in [6.45, 7) is -0.186. The molecule has 0 bridgehead atoms. The summed E-state index contributed by atoms with van der Waals surface area (Å²) in [5.74, 6) is -0.400. The molecule has 172 valence electrons. The Morgan fingerprint density at radius 2 is 1.82 bits per heavy atom. The molecule has 3 atom stereocenters. The van der Waals surface area contributed by atoms with Gasteiger partial charge in [-0.2, -0.15) is 5.26 Å². The van der Waals surface area contributed by atoms with E-state index in [1.807, 2.05) is 42.5 Å². The standard InChI is InChI=1S/C27H31N3O3/c1-29(2)26(32)20-12-8-11-19(15-20)21-13-6-7-14-22(21)25-23(16-28)30(24(25)17-31)27(33)18-9-4-3-5-10-18/h6-8,11-15,18,23-25,31H,3-5,9-10,17H2,1-2H3/t23-,24-,25-/m1/s1. The van der Waals surface area contributed by atoms with Crippen LogP contribution in [-0.4, -0.2) is 59.5 Å². The zero-order valence-corrected chi connectivity index (χ0v) is 19.3.